The molecule has 31 heavy (non-hydrogen) atoms. The Hall–Kier alpha value is -2.60. The summed E-state index contributed by atoms with van der Waals surface area (Å²) in [7, 11) is 1.64. The zero-order chi connectivity index (χ0) is 22.6. The van der Waals surface area contributed by atoms with Gasteiger partial charge in [0.2, 0.25) is 0 Å². The van der Waals surface area contributed by atoms with Crippen molar-refractivity contribution in [2.24, 2.45) is 0 Å². The molecule has 1 aliphatic heterocycles. The van der Waals surface area contributed by atoms with Crippen molar-refractivity contribution in [1.82, 2.24) is 10.3 Å². The number of pyridine rings is 1. The number of aryl methyl sites for hydroxylation is 1. The predicted molar refractivity (Wildman–Crippen MR) is 125 cm³/mol. The van der Waals surface area contributed by atoms with Crippen molar-refractivity contribution in [3.05, 3.63) is 51.6 Å². The Labute approximate surface area is 187 Å². The second-order valence-corrected chi connectivity index (χ2v) is 10.6. The van der Waals surface area contributed by atoms with Crippen LogP contribution < -0.4 is 10.1 Å². The number of hydrogen-bond acceptors (Lipinski definition) is 5. The fraction of sp³-hybridized carbons (Fsp3) is 0.400. The largest absolute Gasteiger partial charge is 0.494 e. The summed E-state index contributed by atoms with van der Waals surface area (Å²) < 4.78 is 5.63. The number of imide groups is 1. The first kappa shape index (κ1) is 21.6. The van der Waals surface area contributed by atoms with E-state index < -0.39 is 0 Å². The van der Waals surface area contributed by atoms with E-state index >= 15 is 0 Å². The van der Waals surface area contributed by atoms with E-state index in [9.17, 15) is 9.59 Å². The molecule has 4 rings (SSSR count). The van der Waals surface area contributed by atoms with Crippen LogP contribution >= 0.6 is 11.8 Å². The maximum Gasteiger partial charge on any atom is 0.290 e. The lowest BCUT2D eigenvalue weighted by atomic mass is 9.62. The van der Waals surface area contributed by atoms with Crippen LogP contribution in [0.3, 0.4) is 0 Å². The maximum atomic E-state index is 11.9. The third-order valence-electron chi connectivity index (χ3n) is 6.47. The molecule has 1 aromatic heterocycles. The summed E-state index contributed by atoms with van der Waals surface area (Å²) in [4.78, 5) is 28.6. The fourth-order valence-corrected chi connectivity index (χ4v) is 5.10. The lowest BCUT2D eigenvalue weighted by Crippen LogP contribution is -2.34. The quantitative estimate of drug-likeness (QED) is 0.622. The second-order valence-electron chi connectivity index (χ2n) is 9.62. The number of aromatic nitrogens is 1. The first-order valence-electron chi connectivity index (χ1n) is 10.5. The molecule has 0 radical (unpaired) electrons. The molecular weight excluding hydrogens is 408 g/mol. The molecule has 2 amide bonds. The molecular formula is C25H28N2O3S. The van der Waals surface area contributed by atoms with Gasteiger partial charge in [-0.15, -0.1) is 0 Å². The molecule has 0 spiro atoms. The van der Waals surface area contributed by atoms with Gasteiger partial charge < -0.3 is 4.74 Å². The number of thioether (sulfide) groups is 1. The second kappa shape index (κ2) is 7.52. The molecule has 1 aliphatic carbocycles. The zero-order valence-electron chi connectivity index (χ0n) is 18.9. The Kier molecular flexibility index (Phi) is 5.24. The van der Waals surface area contributed by atoms with Crippen molar-refractivity contribution in [3.63, 3.8) is 0 Å². The summed E-state index contributed by atoms with van der Waals surface area (Å²) in [6, 6.07) is 8.24. The van der Waals surface area contributed by atoms with Crippen LogP contribution in [-0.2, 0) is 15.6 Å². The zero-order valence-corrected chi connectivity index (χ0v) is 19.7. The van der Waals surface area contributed by atoms with Gasteiger partial charge in [-0.3, -0.25) is 14.9 Å². The molecule has 6 heteroatoms. The highest BCUT2D eigenvalue weighted by Gasteiger charge is 2.37. The first-order chi connectivity index (χ1) is 14.5. The summed E-state index contributed by atoms with van der Waals surface area (Å²) in [5, 5.41) is 1.92. The van der Waals surface area contributed by atoms with Crippen LogP contribution in [0.5, 0.6) is 5.75 Å². The van der Waals surface area contributed by atoms with Crippen molar-refractivity contribution in [3.8, 4) is 17.0 Å². The number of ether oxygens (including phenoxy) is 1. The van der Waals surface area contributed by atoms with Crippen LogP contribution in [0.2, 0.25) is 0 Å². The van der Waals surface area contributed by atoms with E-state index in [1.165, 1.54) is 11.1 Å². The van der Waals surface area contributed by atoms with E-state index in [0.717, 1.165) is 41.4 Å². The molecule has 162 valence electrons. The molecule has 5 nitrogen and oxygen atoms in total. The van der Waals surface area contributed by atoms with E-state index in [2.05, 4.69) is 52.1 Å². The number of hydrogen-bond donors (Lipinski definition) is 1. The van der Waals surface area contributed by atoms with Gasteiger partial charge in [-0.2, -0.15) is 0 Å². The van der Waals surface area contributed by atoms with Gasteiger partial charge in [0, 0.05) is 5.56 Å². The van der Waals surface area contributed by atoms with E-state index in [-0.39, 0.29) is 22.0 Å². The van der Waals surface area contributed by atoms with Gasteiger partial charge in [0.15, 0.2) is 0 Å². The van der Waals surface area contributed by atoms with Crippen molar-refractivity contribution < 1.29 is 14.3 Å². The lowest BCUT2D eigenvalue weighted by molar-refractivity contribution is -0.115. The van der Waals surface area contributed by atoms with Gasteiger partial charge >= 0.3 is 0 Å². The molecule has 1 aromatic carbocycles. The molecule has 1 N–H and O–H groups in total. The maximum absolute atomic E-state index is 11.9. The highest BCUT2D eigenvalue weighted by molar-refractivity contribution is 8.18. The number of carbonyl (C=O) groups excluding carboxylic acids is 2. The number of fused-ring (bicyclic) bond motifs is 1. The summed E-state index contributed by atoms with van der Waals surface area (Å²) in [6.07, 6.45) is 3.94. The minimum absolute atomic E-state index is 0.0824. The number of rotatable bonds is 3. The summed E-state index contributed by atoms with van der Waals surface area (Å²) in [6.45, 7) is 11.4. The van der Waals surface area contributed by atoms with Gasteiger partial charge in [-0.25, -0.2) is 4.98 Å². The van der Waals surface area contributed by atoms with Crippen LogP contribution in [0.1, 0.15) is 62.9 Å². The topological polar surface area (TPSA) is 68.3 Å². The Morgan fingerprint density at radius 2 is 1.71 bits per heavy atom. The molecule has 0 atom stereocenters. The molecule has 2 aliphatic rings. The fourth-order valence-electron chi connectivity index (χ4n) is 4.43. The van der Waals surface area contributed by atoms with E-state index in [1.807, 2.05) is 6.07 Å². The lowest BCUT2D eigenvalue weighted by Gasteiger charge is -2.42. The van der Waals surface area contributed by atoms with Crippen molar-refractivity contribution in [2.75, 3.05) is 7.11 Å². The van der Waals surface area contributed by atoms with Gasteiger partial charge in [0.1, 0.15) is 11.4 Å². The minimum atomic E-state index is -0.386. The Morgan fingerprint density at radius 3 is 2.29 bits per heavy atom. The van der Waals surface area contributed by atoms with E-state index in [0.29, 0.717) is 16.3 Å². The number of nitrogens with zero attached hydrogens (tertiary/aromatic N) is 1. The van der Waals surface area contributed by atoms with Gasteiger partial charge in [0.25, 0.3) is 11.1 Å². The molecule has 1 saturated heterocycles. The minimum Gasteiger partial charge on any atom is -0.494 e. The summed E-state index contributed by atoms with van der Waals surface area (Å²) in [5.41, 5.74) is 6.50. The van der Waals surface area contributed by atoms with Crippen LogP contribution in [0.4, 0.5) is 4.79 Å². The third kappa shape index (κ3) is 3.89. The molecule has 0 saturated carbocycles. The van der Waals surface area contributed by atoms with Crippen molar-refractivity contribution >= 4 is 29.0 Å². The molecule has 2 heterocycles. The molecule has 1 fully saturated rings. The van der Waals surface area contributed by atoms with E-state index in [1.54, 1.807) is 19.3 Å². The van der Waals surface area contributed by atoms with Gasteiger partial charge in [-0.05, 0) is 83.3 Å². The highest BCUT2D eigenvalue weighted by atomic mass is 32.2. The van der Waals surface area contributed by atoms with Crippen LogP contribution in [0.25, 0.3) is 17.3 Å². The molecule has 0 bridgehead atoms. The van der Waals surface area contributed by atoms with Gasteiger partial charge in [0.05, 0.1) is 17.7 Å². The standard InChI is InChI=1S/C25H28N2O3S/c1-14-11-17-18(25(4,5)10-9-24(17,2)3)13-16(14)21-19(30-6)8-7-15(26-21)12-20-22(28)27-23(29)31-20/h7-8,11-13H,9-10H2,1-6H3,(H,27,28,29). The average molecular weight is 437 g/mol. The Balaban J connectivity index is 1.87. The van der Waals surface area contributed by atoms with Gasteiger partial charge in [-0.1, -0.05) is 33.8 Å². The third-order valence-corrected chi connectivity index (χ3v) is 7.28. The number of benzene rings is 1. The highest BCUT2D eigenvalue weighted by Crippen LogP contribution is 2.48. The van der Waals surface area contributed by atoms with Crippen LogP contribution in [-0.4, -0.2) is 23.2 Å². The number of methoxy groups -OCH3 is 1. The average Bonchev–Trinajstić information content (AvgIpc) is 3.02. The van der Waals surface area contributed by atoms with Crippen LogP contribution in [0, 0.1) is 6.92 Å². The predicted octanol–water partition coefficient (Wildman–Crippen LogP) is 5.74. The first-order valence-corrected chi connectivity index (χ1v) is 11.3. The number of amides is 2. The number of carbonyl (C=O) groups is 2. The normalized spacial score (nSPS) is 20.5. The summed E-state index contributed by atoms with van der Waals surface area (Å²) in [5.74, 6) is 0.292. The molecule has 2 aromatic rings. The monoisotopic (exact) mass is 436 g/mol. The molecule has 0 unspecified atom stereocenters. The SMILES string of the molecule is COc1ccc(C=C2SC(=O)NC2=O)nc1-c1cc2c(cc1C)C(C)(C)CCC2(C)C. The number of nitrogens with one attached hydrogen (secondary N) is 1. The van der Waals surface area contributed by atoms with Crippen molar-refractivity contribution in [1.29, 1.82) is 0 Å². The van der Waals surface area contributed by atoms with E-state index in [4.69, 9.17) is 9.72 Å². The summed E-state index contributed by atoms with van der Waals surface area (Å²) >= 11 is 0.892. The Bertz CT molecular complexity index is 1130. The smallest absolute Gasteiger partial charge is 0.290 e. The van der Waals surface area contributed by atoms with Crippen molar-refractivity contribution in [2.45, 2.75) is 58.3 Å². The Morgan fingerprint density at radius 1 is 1.06 bits per heavy atom. The van der Waals surface area contributed by atoms with Crippen LogP contribution in [0.15, 0.2) is 29.2 Å².